The highest BCUT2D eigenvalue weighted by atomic mass is 16.6. The highest BCUT2D eigenvalue weighted by Crippen LogP contribution is 2.30. The zero-order valence-electron chi connectivity index (χ0n) is 15.2. The van der Waals surface area contributed by atoms with Crippen molar-refractivity contribution in [2.24, 2.45) is 0 Å². The van der Waals surface area contributed by atoms with Gasteiger partial charge in [-0.2, -0.15) is 0 Å². The molecule has 1 atom stereocenters. The summed E-state index contributed by atoms with van der Waals surface area (Å²) in [6.07, 6.45) is 2.19. The standard InChI is InChI=1S/C20H15N3O6/c1-11-8-13-9-12(2-7-17(13)29-11)10-16-18(24)21-20(26)22(19(16)25)14-3-5-15(6-4-14)23(27)28/h2-7,9-11H,8H2,1H3,(H,21,24,26)/b16-10-/t11-/m0/s1. The van der Waals surface area contributed by atoms with Crippen LogP contribution in [0.1, 0.15) is 18.1 Å². The molecule has 1 fully saturated rings. The van der Waals surface area contributed by atoms with Crippen molar-refractivity contribution >= 4 is 35.3 Å². The van der Waals surface area contributed by atoms with E-state index in [1.54, 1.807) is 12.1 Å². The maximum Gasteiger partial charge on any atom is 0.335 e. The van der Waals surface area contributed by atoms with E-state index >= 15 is 0 Å². The summed E-state index contributed by atoms with van der Waals surface area (Å²) in [7, 11) is 0. The minimum atomic E-state index is -0.915. The fourth-order valence-electron chi connectivity index (χ4n) is 3.31. The Balaban J connectivity index is 1.67. The first-order valence-corrected chi connectivity index (χ1v) is 8.79. The van der Waals surface area contributed by atoms with Crippen molar-refractivity contribution in [1.29, 1.82) is 0 Å². The minimum Gasteiger partial charge on any atom is -0.490 e. The second kappa shape index (κ2) is 6.86. The van der Waals surface area contributed by atoms with Crippen molar-refractivity contribution in [2.45, 2.75) is 19.4 Å². The number of rotatable bonds is 3. The van der Waals surface area contributed by atoms with E-state index in [4.69, 9.17) is 4.74 Å². The van der Waals surface area contributed by atoms with Crippen LogP contribution in [0.25, 0.3) is 6.08 Å². The maximum atomic E-state index is 12.9. The molecular weight excluding hydrogens is 378 g/mol. The number of nitrogens with one attached hydrogen (secondary N) is 1. The van der Waals surface area contributed by atoms with Crippen molar-refractivity contribution in [3.05, 3.63) is 69.3 Å². The molecule has 4 amide bonds. The summed E-state index contributed by atoms with van der Waals surface area (Å²) >= 11 is 0. The van der Waals surface area contributed by atoms with Gasteiger partial charge >= 0.3 is 6.03 Å². The highest BCUT2D eigenvalue weighted by Gasteiger charge is 2.37. The number of benzene rings is 2. The normalized spacial score (nSPS) is 19.8. The Labute approximate surface area is 164 Å². The van der Waals surface area contributed by atoms with Gasteiger partial charge in [0.15, 0.2) is 0 Å². The first-order valence-electron chi connectivity index (χ1n) is 8.79. The Morgan fingerprint density at radius 1 is 1.17 bits per heavy atom. The van der Waals surface area contributed by atoms with Crippen molar-refractivity contribution in [3.63, 3.8) is 0 Å². The van der Waals surface area contributed by atoms with Crippen LogP contribution < -0.4 is 15.0 Å². The molecule has 146 valence electrons. The number of ether oxygens (including phenoxy) is 1. The number of nitro groups is 1. The van der Waals surface area contributed by atoms with Gasteiger partial charge in [-0.25, -0.2) is 9.69 Å². The van der Waals surface area contributed by atoms with E-state index in [0.29, 0.717) is 5.56 Å². The molecule has 2 heterocycles. The second-order valence-corrected chi connectivity index (χ2v) is 6.73. The summed E-state index contributed by atoms with van der Waals surface area (Å²) in [5, 5.41) is 12.9. The number of amides is 4. The van der Waals surface area contributed by atoms with Crippen LogP contribution in [0.5, 0.6) is 5.75 Å². The molecule has 0 spiro atoms. The van der Waals surface area contributed by atoms with E-state index in [1.165, 1.54) is 30.3 Å². The van der Waals surface area contributed by atoms with Crippen LogP contribution in [-0.4, -0.2) is 28.9 Å². The lowest BCUT2D eigenvalue weighted by Gasteiger charge is -2.26. The van der Waals surface area contributed by atoms with Gasteiger partial charge in [0.25, 0.3) is 17.5 Å². The minimum absolute atomic E-state index is 0.0581. The molecule has 2 aromatic rings. The number of nitro benzene ring substituents is 1. The third-order valence-electron chi connectivity index (χ3n) is 4.65. The average molecular weight is 393 g/mol. The third-order valence-corrected chi connectivity index (χ3v) is 4.65. The van der Waals surface area contributed by atoms with Gasteiger partial charge in [0, 0.05) is 18.6 Å². The number of urea groups is 1. The number of anilines is 1. The molecular formula is C20H15N3O6. The molecule has 0 radical (unpaired) electrons. The van der Waals surface area contributed by atoms with Crippen LogP contribution in [-0.2, 0) is 16.0 Å². The Bertz CT molecular complexity index is 1090. The van der Waals surface area contributed by atoms with Crippen LogP contribution in [0.2, 0.25) is 0 Å². The molecule has 2 aliphatic rings. The van der Waals surface area contributed by atoms with Crippen LogP contribution in [0.15, 0.2) is 48.0 Å². The van der Waals surface area contributed by atoms with Crippen molar-refractivity contribution in [3.8, 4) is 5.75 Å². The maximum absolute atomic E-state index is 12.9. The number of hydrogen-bond donors (Lipinski definition) is 1. The second-order valence-electron chi connectivity index (χ2n) is 6.73. The lowest BCUT2D eigenvalue weighted by atomic mass is 10.0. The summed E-state index contributed by atoms with van der Waals surface area (Å²) in [5.74, 6) is -0.845. The van der Waals surface area contributed by atoms with Gasteiger partial charge in [-0.3, -0.25) is 25.0 Å². The predicted molar refractivity (Wildman–Crippen MR) is 102 cm³/mol. The highest BCUT2D eigenvalue weighted by molar-refractivity contribution is 6.39. The summed E-state index contributed by atoms with van der Waals surface area (Å²) in [6.45, 7) is 1.95. The summed E-state index contributed by atoms with van der Waals surface area (Å²) < 4.78 is 5.64. The number of non-ortho nitro benzene ring substituents is 1. The molecule has 0 unspecified atom stereocenters. The van der Waals surface area contributed by atoms with Gasteiger partial charge in [0.2, 0.25) is 0 Å². The number of hydrogen-bond acceptors (Lipinski definition) is 6. The number of fused-ring (bicyclic) bond motifs is 1. The molecule has 0 aromatic heterocycles. The van der Waals surface area contributed by atoms with E-state index in [1.807, 2.05) is 13.0 Å². The first kappa shape index (κ1) is 18.4. The van der Waals surface area contributed by atoms with Crippen LogP contribution >= 0.6 is 0 Å². The molecule has 2 aromatic carbocycles. The van der Waals surface area contributed by atoms with E-state index in [2.05, 4.69) is 5.32 Å². The molecule has 1 N–H and O–H groups in total. The SMILES string of the molecule is C[C@H]1Cc2cc(/C=C3/C(=O)NC(=O)N(c4ccc([N+](=O)[O-])cc4)C3=O)ccc2O1. The number of carbonyl (C=O) groups is 3. The van der Waals surface area contributed by atoms with E-state index in [-0.39, 0.29) is 23.1 Å². The number of carbonyl (C=O) groups excluding carboxylic acids is 3. The Morgan fingerprint density at radius 3 is 2.59 bits per heavy atom. The third kappa shape index (κ3) is 3.33. The molecule has 9 heteroatoms. The zero-order chi connectivity index (χ0) is 20.7. The molecule has 0 saturated carbocycles. The molecule has 4 rings (SSSR count). The molecule has 0 bridgehead atoms. The fraction of sp³-hybridized carbons (Fsp3) is 0.150. The quantitative estimate of drug-likeness (QED) is 0.371. The average Bonchev–Trinajstić information content (AvgIpc) is 3.04. The predicted octanol–water partition coefficient (Wildman–Crippen LogP) is 2.58. The van der Waals surface area contributed by atoms with Gasteiger partial charge in [-0.1, -0.05) is 6.07 Å². The molecule has 0 aliphatic carbocycles. The van der Waals surface area contributed by atoms with Crippen molar-refractivity contribution in [1.82, 2.24) is 5.32 Å². The van der Waals surface area contributed by atoms with Crippen molar-refractivity contribution in [2.75, 3.05) is 4.90 Å². The van der Waals surface area contributed by atoms with Crippen LogP contribution in [0.4, 0.5) is 16.2 Å². The number of imide groups is 2. The molecule has 9 nitrogen and oxygen atoms in total. The van der Waals surface area contributed by atoms with Crippen molar-refractivity contribution < 1.29 is 24.0 Å². The molecule has 29 heavy (non-hydrogen) atoms. The fourth-order valence-corrected chi connectivity index (χ4v) is 3.31. The molecule has 2 aliphatic heterocycles. The van der Waals surface area contributed by atoms with E-state index in [9.17, 15) is 24.5 Å². The van der Waals surface area contributed by atoms with Crippen LogP contribution in [0.3, 0.4) is 0 Å². The lowest BCUT2D eigenvalue weighted by Crippen LogP contribution is -2.54. The van der Waals surface area contributed by atoms with Gasteiger partial charge in [0.05, 0.1) is 10.6 Å². The van der Waals surface area contributed by atoms with E-state index in [0.717, 1.165) is 22.6 Å². The van der Waals surface area contributed by atoms with Gasteiger partial charge in [-0.05, 0) is 48.4 Å². The lowest BCUT2D eigenvalue weighted by molar-refractivity contribution is -0.384. The summed E-state index contributed by atoms with van der Waals surface area (Å²) in [5.41, 5.74) is 1.32. The van der Waals surface area contributed by atoms with Gasteiger partial charge in [0.1, 0.15) is 17.4 Å². The van der Waals surface area contributed by atoms with E-state index < -0.39 is 22.8 Å². The van der Waals surface area contributed by atoms with Crippen LogP contribution in [0, 0.1) is 10.1 Å². The number of barbiturate groups is 1. The monoisotopic (exact) mass is 393 g/mol. The largest absolute Gasteiger partial charge is 0.490 e. The summed E-state index contributed by atoms with van der Waals surface area (Å²) in [6, 6.07) is 9.32. The van der Waals surface area contributed by atoms with Gasteiger partial charge in [-0.15, -0.1) is 0 Å². The first-order chi connectivity index (χ1) is 13.8. The molecule has 1 saturated heterocycles. The Kier molecular flexibility index (Phi) is 4.34. The zero-order valence-corrected chi connectivity index (χ0v) is 15.2. The number of nitrogens with zero attached hydrogens (tertiary/aromatic N) is 2. The Morgan fingerprint density at radius 2 is 1.90 bits per heavy atom. The smallest absolute Gasteiger partial charge is 0.335 e. The van der Waals surface area contributed by atoms with Gasteiger partial charge < -0.3 is 4.74 Å². The summed E-state index contributed by atoms with van der Waals surface area (Å²) in [4.78, 5) is 48.3. The topological polar surface area (TPSA) is 119 Å². The Hall–Kier alpha value is -4.01.